The Kier molecular flexibility index (Phi) is 11.3. The molecule has 0 atom stereocenters. The SMILES string of the molecule is CCCCCCCCC(CCC(=O)O)CCC(=O)O. The molecule has 0 aliphatic carbocycles. The fraction of sp³-hybridized carbons (Fsp3) is 0.867. The molecule has 4 heteroatoms. The lowest BCUT2D eigenvalue weighted by molar-refractivity contribution is -0.137. The summed E-state index contributed by atoms with van der Waals surface area (Å²) in [5.74, 6) is -1.33. The van der Waals surface area contributed by atoms with Gasteiger partial charge in [0.1, 0.15) is 0 Å². The van der Waals surface area contributed by atoms with Gasteiger partial charge in [0.25, 0.3) is 0 Å². The van der Waals surface area contributed by atoms with Crippen molar-refractivity contribution in [2.24, 2.45) is 5.92 Å². The van der Waals surface area contributed by atoms with E-state index in [9.17, 15) is 9.59 Å². The van der Waals surface area contributed by atoms with E-state index in [1.165, 1.54) is 32.1 Å². The third-order valence-corrected chi connectivity index (χ3v) is 3.50. The lowest BCUT2D eigenvalue weighted by atomic mass is 9.91. The Morgan fingerprint density at radius 3 is 1.74 bits per heavy atom. The quantitative estimate of drug-likeness (QED) is 0.495. The van der Waals surface area contributed by atoms with Gasteiger partial charge in [0.2, 0.25) is 0 Å². The molecule has 0 saturated carbocycles. The molecule has 19 heavy (non-hydrogen) atoms. The lowest BCUT2D eigenvalue weighted by Gasteiger charge is -2.14. The predicted molar refractivity (Wildman–Crippen MR) is 75.2 cm³/mol. The molecular formula is C15H28O4. The first-order chi connectivity index (χ1) is 9.06. The Hall–Kier alpha value is -1.06. The highest BCUT2D eigenvalue weighted by Gasteiger charge is 2.12. The largest absolute Gasteiger partial charge is 0.481 e. The van der Waals surface area contributed by atoms with E-state index in [4.69, 9.17) is 10.2 Å². The molecule has 0 amide bonds. The van der Waals surface area contributed by atoms with E-state index in [0.717, 1.165) is 12.8 Å². The number of aliphatic carboxylic acids is 2. The summed E-state index contributed by atoms with van der Waals surface area (Å²) in [6, 6.07) is 0. The molecule has 0 unspecified atom stereocenters. The minimum absolute atomic E-state index is 0.153. The van der Waals surface area contributed by atoms with E-state index in [-0.39, 0.29) is 18.8 Å². The van der Waals surface area contributed by atoms with Gasteiger partial charge in [-0.2, -0.15) is 0 Å². The molecule has 0 heterocycles. The van der Waals surface area contributed by atoms with Gasteiger partial charge < -0.3 is 10.2 Å². The third-order valence-electron chi connectivity index (χ3n) is 3.50. The highest BCUT2D eigenvalue weighted by molar-refractivity contribution is 5.67. The van der Waals surface area contributed by atoms with E-state index in [1.54, 1.807) is 0 Å². The van der Waals surface area contributed by atoms with Crippen LogP contribution in [0.5, 0.6) is 0 Å². The van der Waals surface area contributed by atoms with Gasteiger partial charge in [0.15, 0.2) is 0 Å². The van der Waals surface area contributed by atoms with Crippen LogP contribution < -0.4 is 0 Å². The molecular weight excluding hydrogens is 244 g/mol. The van der Waals surface area contributed by atoms with Crippen LogP contribution in [0, 0.1) is 5.92 Å². The zero-order valence-electron chi connectivity index (χ0n) is 12.1. The molecule has 0 aliphatic rings. The second-order valence-corrected chi connectivity index (χ2v) is 5.29. The van der Waals surface area contributed by atoms with E-state index in [2.05, 4.69) is 6.92 Å². The second kappa shape index (κ2) is 12.0. The summed E-state index contributed by atoms with van der Waals surface area (Å²) in [4.78, 5) is 21.1. The Morgan fingerprint density at radius 2 is 1.26 bits per heavy atom. The van der Waals surface area contributed by atoms with Crippen molar-refractivity contribution in [2.75, 3.05) is 0 Å². The normalized spacial score (nSPS) is 10.8. The molecule has 0 radical (unpaired) electrons. The minimum atomic E-state index is -0.789. The number of carbonyl (C=O) groups is 2. The average molecular weight is 272 g/mol. The average Bonchev–Trinajstić information content (AvgIpc) is 2.35. The second-order valence-electron chi connectivity index (χ2n) is 5.29. The molecule has 2 N–H and O–H groups in total. The van der Waals surface area contributed by atoms with Gasteiger partial charge in [-0.3, -0.25) is 9.59 Å². The van der Waals surface area contributed by atoms with Crippen molar-refractivity contribution in [3.05, 3.63) is 0 Å². The summed E-state index contributed by atoms with van der Waals surface area (Å²) in [5, 5.41) is 17.4. The van der Waals surface area contributed by atoms with Gasteiger partial charge in [-0.05, 0) is 18.8 Å². The molecule has 0 aromatic heterocycles. The first-order valence-electron chi connectivity index (χ1n) is 7.49. The number of hydrogen-bond acceptors (Lipinski definition) is 2. The van der Waals surface area contributed by atoms with Gasteiger partial charge in [0, 0.05) is 12.8 Å². The highest BCUT2D eigenvalue weighted by atomic mass is 16.4. The van der Waals surface area contributed by atoms with Gasteiger partial charge in [-0.25, -0.2) is 0 Å². The maximum Gasteiger partial charge on any atom is 0.303 e. The summed E-state index contributed by atoms with van der Waals surface area (Å²) in [7, 11) is 0. The van der Waals surface area contributed by atoms with Crippen molar-refractivity contribution in [1.29, 1.82) is 0 Å². The van der Waals surface area contributed by atoms with Crippen LogP contribution in [-0.2, 0) is 9.59 Å². The summed E-state index contributed by atoms with van der Waals surface area (Å²) in [5.41, 5.74) is 0. The molecule has 112 valence electrons. The molecule has 4 nitrogen and oxygen atoms in total. The topological polar surface area (TPSA) is 74.6 Å². The monoisotopic (exact) mass is 272 g/mol. The molecule has 0 fully saturated rings. The number of carboxylic acids is 2. The van der Waals surface area contributed by atoms with E-state index < -0.39 is 11.9 Å². The fourth-order valence-corrected chi connectivity index (χ4v) is 2.30. The smallest absolute Gasteiger partial charge is 0.303 e. The zero-order chi connectivity index (χ0) is 14.5. The van der Waals surface area contributed by atoms with Crippen LogP contribution in [0.1, 0.15) is 77.6 Å². The first kappa shape index (κ1) is 17.9. The molecule has 0 aliphatic heterocycles. The Labute approximate surface area is 116 Å². The third kappa shape index (κ3) is 13.2. The van der Waals surface area contributed by atoms with Crippen molar-refractivity contribution in [3.63, 3.8) is 0 Å². The summed E-state index contributed by atoms with van der Waals surface area (Å²) in [6.45, 7) is 2.19. The van der Waals surface area contributed by atoms with Crippen LogP contribution in [0.2, 0.25) is 0 Å². The summed E-state index contributed by atoms with van der Waals surface area (Å²) in [6.07, 6.45) is 9.78. The first-order valence-corrected chi connectivity index (χ1v) is 7.49. The van der Waals surface area contributed by atoms with Crippen LogP contribution in [0.4, 0.5) is 0 Å². The number of rotatable bonds is 13. The van der Waals surface area contributed by atoms with Crippen molar-refractivity contribution >= 4 is 11.9 Å². The highest BCUT2D eigenvalue weighted by Crippen LogP contribution is 2.21. The van der Waals surface area contributed by atoms with Crippen molar-refractivity contribution in [3.8, 4) is 0 Å². The maximum absolute atomic E-state index is 10.6. The van der Waals surface area contributed by atoms with Crippen molar-refractivity contribution in [2.45, 2.75) is 77.6 Å². The molecule has 0 aromatic carbocycles. The molecule has 0 bridgehead atoms. The predicted octanol–water partition coefficient (Wildman–Crippen LogP) is 4.08. The van der Waals surface area contributed by atoms with E-state index in [1.807, 2.05) is 0 Å². The summed E-state index contributed by atoms with van der Waals surface area (Å²) >= 11 is 0. The number of unbranched alkanes of at least 4 members (excludes halogenated alkanes) is 5. The minimum Gasteiger partial charge on any atom is -0.481 e. The van der Waals surface area contributed by atoms with E-state index >= 15 is 0 Å². The van der Waals surface area contributed by atoms with Gasteiger partial charge >= 0.3 is 11.9 Å². The Morgan fingerprint density at radius 1 is 0.789 bits per heavy atom. The van der Waals surface area contributed by atoms with Gasteiger partial charge in [-0.1, -0.05) is 51.9 Å². The maximum atomic E-state index is 10.6. The lowest BCUT2D eigenvalue weighted by Crippen LogP contribution is -2.07. The van der Waals surface area contributed by atoms with Crippen LogP contribution in [0.15, 0.2) is 0 Å². The van der Waals surface area contributed by atoms with Crippen molar-refractivity contribution in [1.82, 2.24) is 0 Å². The standard InChI is InChI=1S/C15H28O4/c1-2-3-4-5-6-7-8-13(9-11-14(16)17)10-12-15(18)19/h13H,2-12H2,1H3,(H,16,17)(H,18,19). The van der Waals surface area contributed by atoms with Gasteiger partial charge in [-0.15, -0.1) is 0 Å². The number of carboxylic acid groups (broad SMARTS) is 2. The van der Waals surface area contributed by atoms with Crippen LogP contribution in [0.25, 0.3) is 0 Å². The Bertz CT molecular complexity index is 233. The van der Waals surface area contributed by atoms with Crippen LogP contribution >= 0.6 is 0 Å². The summed E-state index contributed by atoms with van der Waals surface area (Å²) < 4.78 is 0. The molecule has 0 saturated heterocycles. The van der Waals surface area contributed by atoms with Crippen LogP contribution in [0.3, 0.4) is 0 Å². The Balaban J connectivity index is 3.76. The number of hydrogen-bond donors (Lipinski definition) is 2. The van der Waals surface area contributed by atoms with Crippen LogP contribution in [-0.4, -0.2) is 22.2 Å². The molecule has 0 spiro atoms. The van der Waals surface area contributed by atoms with Crippen molar-refractivity contribution < 1.29 is 19.8 Å². The van der Waals surface area contributed by atoms with E-state index in [0.29, 0.717) is 12.8 Å². The fourth-order valence-electron chi connectivity index (χ4n) is 2.30. The molecule has 0 aromatic rings. The zero-order valence-corrected chi connectivity index (χ0v) is 12.1. The molecule has 0 rings (SSSR count). The van der Waals surface area contributed by atoms with Gasteiger partial charge in [0.05, 0.1) is 0 Å².